The highest BCUT2D eigenvalue weighted by Crippen LogP contribution is 2.42. The fraction of sp³-hybridized carbons (Fsp3) is 0.412. The van der Waals surface area contributed by atoms with Crippen molar-refractivity contribution in [2.45, 2.75) is 19.0 Å². The molecule has 3 atom stereocenters. The molecule has 0 spiro atoms. The van der Waals surface area contributed by atoms with Crippen molar-refractivity contribution in [2.75, 3.05) is 18.4 Å². The van der Waals surface area contributed by atoms with Crippen LogP contribution in [-0.2, 0) is 11.3 Å². The first kappa shape index (κ1) is 15.3. The van der Waals surface area contributed by atoms with Gasteiger partial charge in [0.25, 0.3) is 6.01 Å². The number of oxazole rings is 1. The molecule has 1 N–H and O–H groups in total. The van der Waals surface area contributed by atoms with Crippen molar-refractivity contribution in [3.8, 4) is 0 Å². The molecule has 3 aromatic rings. The van der Waals surface area contributed by atoms with E-state index in [1.807, 2.05) is 4.90 Å². The van der Waals surface area contributed by atoms with Gasteiger partial charge in [-0.2, -0.15) is 4.98 Å². The molecule has 8 nitrogen and oxygen atoms in total. The number of benzene rings is 1. The molecule has 1 aromatic carbocycles. The maximum Gasteiger partial charge on any atom is 0.295 e. The number of nitrogens with one attached hydrogen (secondary N) is 1. The number of carbonyl (C=O) groups excluding carboxylic acids is 1. The van der Waals surface area contributed by atoms with Crippen molar-refractivity contribution >= 4 is 23.0 Å². The van der Waals surface area contributed by atoms with Gasteiger partial charge in [-0.1, -0.05) is 5.21 Å². The number of hydrogen-bond acceptors (Lipinski definition) is 6. The summed E-state index contributed by atoms with van der Waals surface area (Å²) in [6, 6.07) is 4.91. The Morgan fingerprint density at radius 3 is 3.15 bits per heavy atom. The molecule has 1 aliphatic heterocycles. The Balaban J connectivity index is 1.22. The SMILES string of the molecule is O=C(Cn1ccnn1)N1CC2CC(Nc3nc4ccc(F)cc4o3)C2C1. The van der Waals surface area contributed by atoms with Crippen LogP contribution in [0.25, 0.3) is 11.1 Å². The molecular weight excluding hydrogens is 339 g/mol. The van der Waals surface area contributed by atoms with Gasteiger partial charge in [-0.3, -0.25) is 4.79 Å². The topological polar surface area (TPSA) is 89.1 Å². The lowest BCUT2D eigenvalue weighted by Crippen LogP contribution is -2.45. The van der Waals surface area contributed by atoms with Crippen LogP contribution >= 0.6 is 0 Å². The number of anilines is 1. The fourth-order valence-electron chi connectivity index (χ4n) is 3.95. The molecule has 26 heavy (non-hydrogen) atoms. The molecule has 1 aliphatic carbocycles. The number of amides is 1. The zero-order valence-electron chi connectivity index (χ0n) is 13.9. The first-order valence-corrected chi connectivity index (χ1v) is 8.60. The summed E-state index contributed by atoms with van der Waals surface area (Å²) in [6.45, 7) is 1.70. The van der Waals surface area contributed by atoms with Crippen LogP contribution in [0.2, 0.25) is 0 Å². The predicted octanol–water partition coefficient (Wildman–Crippen LogP) is 1.52. The quantitative estimate of drug-likeness (QED) is 0.762. The average Bonchev–Trinajstić information content (AvgIpc) is 3.31. The van der Waals surface area contributed by atoms with Crippen LogP contribution in [0.4, 0.5) is 10.4 Å². The zero-order chi connectivity index (χ0) is 17.7. The van der Waals surface area contributed by atoms with E-state index in [1.54, 1.807) is 18.5 Å². The molecule has 1 saturated heterocycles. The molecule has 0 radical (unpaired) electrons. The van der Waals surface area contributed by atoms with Gasteiger partial charge in [-0.15, -0.1) is 5.10 Å². The molecule has 1 amide bonds. The molecule has 3 heterocycles. The van der Waals surface area contributed by atoms with Gasteiger partial charge >= 0.3 is 0 Å². The molecule has 0 bridgehead atoms. The molecule has 9 heteroatoms. The van der Waals surface area contributed by atoms with Crippen molar-refractivity contribution in [1.82, 2.24) is 24.9 Å². The number of hydrogen-bond donors (Lipinski definition) is 1. The summed E-state index contributed by atoms with van der Waals surface area (Å²) < 4.78 is 20.4. The second-order valence-electron chi connectivity index (χ2n) is 6.94. The van der Waals surface area contributed by atoms with E-state index in [9.17, 15) is 9.18 Å². The molecule has 2 aromatic heterocycles. The smallest absolute Gasteiger partial charge is 0.295 e. The maximum atomic E-state index is 13.3. The summed E-state index contributed by atoms with van der Waals surface area (Å²) in [5.41, 5.74) is 1.06. The third kappa shape index (κ3) is 2.59. The normalized spacial score (nSPS) is 24.5. The molecule has 2 aliphatic rings. The van der Waals surface area contributed by atoms with Crippen LogP contribution in [0.5, 0.6) is 0 Å². The zero-order valence-corrected chi connectivity index (χ0v) is 13.9. The number of fused-ring (bicyclic) bond motifs is 2. The average molecular weight is 356 g/mol. The van der Waals surface area contributed by atoms with Crippen LogP contribution in [-0.4, -0.2) is 49.9 Å². The van der Waals surface area contributed by atoms with Crippen molar-refractivity contribution in [2.24, 2.45) is 11.8 Å². The van der Waals surface area contributed by atoms with Crippen LogP contribution in [0, 0.1) is 17.7 Å². The molecular formula is C17H17FN6O2. The van der Waals surface area contributed by atoms with Gasteiger partial charge < -0.3 is 14.6 Å². The Kier molecular flexibility index (Phi) is 3.41. The summed E-state index contributed by atoms with van der Waals surface area (Å²) in [5.74, 6) is 0.581. The second-order valence-corrected chi connectivity index (χ2v) is 6.94. The van der Waals surface area contributed by atoms with E-state index in [2.05, 4.69) is 20.6 Å². The minimum absolute atomic E-state index is 0.0565. The third-order valence-corrected chi connectivity index (χ3v) is 5.35. The Morgan fingerprint density at radius 2 is 2.31 bits per heavy atom. The highest BCUT2D eigenvalue weighted by Gasteiger charge is 2.48. The third-order valence-electron chi connectivity index (χ3n) is 5.35. The van der Waals surface area contributed by atoms with E-state index in [4.69, 9.17) is 4.42 Å². The van der Waals surface area contributed by atoms with Gasteiger partial charge in [0.1, 0.15) is 17.9 Å². The highest BCUT2D eigenvalue weighted by atomic mass is 19.1. The van der Waals surface area contributed by atoms with Crippen molar-refractivity contribution in [3.63, 3.8) is 0 Å². The Labute approximate surface area is 148 Å². The summed E-state index contributed by atoms with van der Waals surface area (Å²) in [5, 5.41) is 10.9. The standard InChI is InChI=1S/C17H17FN6O2/c18-11-1-2-13-15(6-11)26-17(20-13)21-14-5-10-7-23(8-12(10)14)16(25)9-24-4-3-19-22-24/h1-4,6,10,12,14H,5,7-9H2,(H,20,21). The first-order chi connectivity index (χ1) is 12.7. The van der Waals surface area contributed by atoms with E-state index in [0.29, 0.717) is 35.5 Å². The molecule has 3 unspecified atom stereocenters. The summed E-state index contributed by atoms with van der Waals surface area (Å²) in [4.78, 5) is 18.6. The van der Waals surface area contributed by atoms with E-state index in [-0.39, 0.29) is 24.3 Å². The maximum absolute atomic E-state index is 13.3. The van der Waals surface area contributed by atoms with Crippen molar-refractivity contribution in [3.05, 3.63) is 36.4 Å². The van der Waals surface area contributed by atoms with Crippen LogP contribution in [0.3, 0.4) is 0 Å². The minimum Gasteiger partial charge on any atom is -0.423 e. The van der Waals surface area contributed by atoms with Crippen molar-refractivity contribution < 1.29 is 13.6 Å². The summed E-state index contributed by atoms with van der Waals surface area (Å²) >= 11 is 0. The lowest BCUT2D eigenvalue weighted by atomic mass is 9.71. The monoisotopic (exact) mass is 356 g/mol. The van der Waals surface area contributed by atoms with E-state index in [0.717, 1.165) is 13.0 Å². The number of nitrogens with zero attached hydrogens (tertiary/aromatic N) is 5. The van der Waals surface area contributed by atoms with Gasteiger partial charge in [0, 0.05) is 37.3 Å². The van der Waals surface area contributed by atoms with Crippen molar-refractivity contribution in [1.29, 1.82) is 0 Å². The van der Waals surface area contributed by atoms with Crippen LogP contribution in [0.15, 0.2) is 35.0 Å². The van der Waals surface area contributed by atoms with Gasteiger partial charge in [-0.05, 0) is 24.5 Å². The Morgan fingerprint density at radius 1 is 1.38 bits per heavy atom. The largest absolute Gasteiger partial charge is 0.423 e. The van der Waals surface area contributed by atoms with Gasteiger partial charge in [-0.25, -0.2) is 9.07 Å². The predicted molar refractivity (Wildman–Crippen MR) is 89.6 cm³/mol. The van der Waals surface area contributed by atoms with Gasteiger partial charge in [0.05, 0.1) is 6.20 Å². The Bertz CT molecular complexity index is 955. The summed E-state index contributed by atoms with van der Waals surface area (Å²) in [6.07, 6.45) is 4.21. The van der Waals surface area contributed by atoms with Crippen LogP contribution in [0.1, 0.15) is 6.42 Å². The Hall–Kier alpha value is -2.97. The number of aromatic nitrogens is 4. The van der Waals surface area contributed by atoms with E-state index in [1.165, 1.54) is 16.8 Å². The van der Waals surface area contributed by atoms with E-state index < -0.39 is 0 Å². The molecule has 2 fully saturated rings. The minimum atomic E-state index is -0.346. The molecule has 134 valence electrons. The summed E-state index contributed by atoms with van der Waals surface area (Å²) in [7, 11) is 0. The van der Waals surface area contributed by atoms with Gasteiger partial charge in [0.2, 0.25) is 5.91 Å². The number of rotatable bonds is 4. The lowest BCUT2D eigenvalue weighted by molar-refractivity contribution is -0.131. The highest BCUT2D eigenvalue weighted by molar-refractivity contribution is 5.76. The van der Waals surface area contributed by atoms with Gasteiger partial charge in [0.15, 0.2) is 5.58 Å². The number of halogens is 1. The number of carbonyl (C=O) groups is 1. The first-order valence-electron chi connectivity index (χ1n) is 8.60. The lowest BCUT2D eigenvalue weighted by Gasteiger charge is -2.39. The fourth-order valence-corrected chi connectivity index (χ4v) is 3.95. The molecule has 1 saturated carbocycles. The number of likely N-dealkylation sites (tertiary alicyclic amines) is 1. The second kappa shape index (κ2) is 5.79. The van der Waals surface area contributed by atoms with E-state index >= 15 is 0 Å². The van der Waals surface area contributed by atoms with Crippen LogP contribution < -0.4 is 5.32 Å². The molecule has 5 rings (SSSR count).